The second-order valence-corrected chi connectivity index (χ2v) is 4.45. The normalized spacial score (nSPS) is 11.9. The molecule has 1 amide bonds. The Kier molecular flexibility index (Phi) is 4.91. The molecule has 92 valence electrons. The van der Waals surface area contributed by atoms with Gasteiger partial charge in [-0.25, -0.2) is 0 Å². The largest absolute Gasteiger partial charge is 0.340 e. The fourth-order valence-electron chi connectivity index (χ4n) is 1.72. The zero-order chi connectivity index (χ0) is 12.8. The molecule has 0 aliphatic carbocycles. The maximum Gasteiger partial charge on any atom is 0.239 e. The van der Waals surface area contributed by atoms with E-state index in [-0.39, 0.29) is 5.91 Å². The van der Waals surface area contributed by atoms with Crippen molar-refractivity contribution in [2.45, 2.75) is 19.4 Å². The zero-order valence-electron chi connectivity index (χ0n) is 10.5. The Morgan fingerprint density at radius 3 is 2.53 bits per heavy atom. The van der Waals surface area contributed by atoms with Crippen LogP contribution in [-0.2, 0) is 11.2 Å². The van der Waals surface area contributed by atoms with Crippen molar-refractivity contribution in [1.29, 1.82) is 0 Å². The number of hydrogen-bond acceptors (Lipinski definition) is 2. The lowest BCUT2D eigenvalue weighted by atomic mass is 10.1. The Bertz CT molecular complexity index is 386. The third kappa shape index (κ3) is 4.41. The average Bonchev–Trinajstić information content (AvgIpc) is 2.28. The van der Waals surface area contributed by atoms with Crippen molar-refractivity contribution in [3.63, 3.8) is 0 Å². The van der Waals surface area contributed by atoms with E-state index in [2.05, 4.69) is 6.58 Å². The highest BCUT2D eigenvalue weighted by atomic mass is 16.2. The Morgan fingerprint density at radius 1 is 1.41 bits per heavy atom. The summed E-state index contributed by atoms with van der Waals surface area (Å²) in [5, 5.41) is 0. The number of hydrogen-bond donors (Lipinski definition) is 1. The summed E-state index contributed by atoms with van der Waals surface area (Å²) in [6.45, 7) is 6.24. The van der Waals surface area contributed by atoms with Crippen LogP contribution < -0.4 is 5.73 Å². The van der Waals surface area contributed by atoms with Gasteiger partial charge in [-0.2, -0.15) is 0 Å². The molecule has 0 radical (unpaired) electrons. The molecule has 0 bridgehead atoms. The van der Waals surface area contributed by atoms with Gasteiger partial charge in [-0.1, -0.05) is 42.5 Å². The van der Waals surface area contributed by atoms with Gasteiger partial charge in [0.15, 0.2) is 0 Å². The molecule has 0 aliphatic heterocycles. The van der Waals surface area contributed by atoms with Gasteiger partial charge in [0.25, 0.3) is 0 Å². The van der Waals surface area contributed by atoms with E-state index in [4.69, 9.17) is 5.73 Å². The van der Waals surface area contributed by atoms with Crippen molar-refractivity contribution >= 4 is 5.91 Å². The van der Waals surface area contributed by atoms with Crippen LogP contribution in [0.25, 0.3) is 0 Å². The number of carbonyl (C=O) groups is 1. The van der Waals surface area contributed by atoms with Crippen molar-refractivity contribution in [3.8, 4) is 0 Å². The summed E-state index contributed by atoms with van der Waals surface area (Å²) in [7, 11) is 1.75. The predicted octanol–water partition coefficient (Wildman–Crippen LogP) is 1.59. The number of amides is 1. The Hall–Kier alpha value is -1.61. The van der Waals surface area contributed by atoms with Gasteiger partial charge in [0.2, 0.25) is 5.91 Å². The smallest absolute Gasteiger partial charge is 0.239 e. The summed E-state index contributed by atoms with van der Waals surface area (Å²) >= 11 is 0. The molecule has 0 fully saturated rings. The third-order valence-corrected chi connectivity index (χ3v) is 2.50. The molecule has 0 unspecified atom stereocenters. The molecule has 1 rings (SSSR count). The number of nitrogens with zero attached hydrogens (tertiary/aromatic N) is 1. The van der Waals surface area contributed by atoms with Crippen LogP contribution in [0.3, 0.4) is 0 Å². The summed E-state index contributed by atoms with van der Waals surface area (Å²) in [5.74, 6) is -0.0446. The first-order chi connectivity index (χ1) is 8.00. The van der Waals surface area contributed by atoms with E-state index in [1.807, 2.05) is 37.3 Å². The van der Waals surface area contributed by atoms with Crippen molar-refractivity contribution in [3.05, 3.63) is 48.0 Å². The predicted molar refractivity (Wildman–Crippen MR) is 70.6 cm³/mol. The quantitative estimate of drug-likeness (QED) is 0.784. The number of rotatable bonds is 5. The molecule has 0 heterocycles. The molecule has 17 heavy (non-hydrogen) atoms. The van der Waals surface area contributed by atoms with Crippen LogP contribution in [0.1, 0.15) is 12.5 Å². The van der Waals surface area contributed by atoms with E-state index in [0.717, 1.165) is 11.1 Å². The van der Waals surface area contributed by atoms with Gasteiger partial charge in [-0.3, -0.25) is 4.79 Å². The minimum absolute atomic E-state index is 0.0446. The van der Waals surface area contributed by atoms with Crippen LogP contribution in [0.5, 0.6) is 0 Å². The maximum atomic E-state index is 11.9. The molecule has 1 aromatic carbocycles. The number of likely N-dealkylation sites (N-methyl/N-ethyl adjacent to an activating group) is 1. The summed E-state index contributed by atoms with van der Waals surface area (Å²) < 4.78 is 0. The van der Waals surface area contributed by atoms with E-state index in [0.29, 0.717) is 13.0 Å². The van der Waals surface area contributed by atoms with Gasteiger partial charge in [-0.15, -0.1) is 0 Å². The fraction of sp³-hybridized carbons (Fsp3) is 0.357. The highest BCUT2D eigenvalue weighted by Crippen LogP contribution is 2.04. The van der Waals surface area contributed by atoms with Crippen LogP contribution in [-0.4, -0.2) is 30.4 Å². The lowest BCUT2D eigenvalue weighted by Crippen LogP contribution is -2.43. The lowest BCUT2D eigenvalue weighted by Gasteiger charge is -2.21. The summed E-state index contributed by atoms with van der Waals surface area (Å²) in [6.07, 6.45) is 0.570. The minimum Gasteiger partial charge on any atom is -0.340 e. The summed E-state index contributed by atoms with van der Waals surface area (Å²) in [4.78, 5) is 13.6. The second kappa shape index (κ2) is 6.21. The van der Waals surface area contributed by atoms with Crippen LogP contribution in [0.15, 0.2) is 42.5 Å². The molecule has 0 aliphatic rings. The molecule has 0 aromatic heterocycles. The highest BCUT2D eigenvalue weighted by molar-refractivity contribution is 5.81. The van der Waals surface area contributed by atoms with E-state index in [1.165, 1.54) is 0 Å². The Morgan fingerprint density at radius 2 is 2.00 bits per heavy atom. The van der Waals surface area contributed by atoms with Crippen LogP contribution in [0.2, 0.25) is 0 Å². The van der Waals surface area contributed by atoms with Crippen molar-refractivity contribution < 1.29 is 4.79 Å². The fourth-order valence-corrected chi connectivity index (χ4v) is 1.72. The first kappa shape index (κ1) is 13.5. The van der Waals surface area contributed by atoms with Crippen LogP contribution in [0.4, 0.5) is 0 Å². The average molecular weight is 232 g/mol. The van der Waals surface area contributed by atoms with E-state index >= 15 is 0 Å². The zero-order valence-corrected chi connectivity index (χ0v) is 10.5. The van der Waals surface area contributed by atoms with Gasteiger partial charge in [0.05, 0.1) is 6.04 Å². The van der Waals surface area contributed by atoms with E-state index in [9.17, 15) is 4.79 Å². The lowest BCUT2D eigenvalue weighted by molar-refractivity contribution is -0.130. The number of benzene rings is 1. The van der Waals surface area contributed by atoms with Gasteiger partial charge < -0.3 is 10.6 Å². The SMILES string of the molecule is C=C(C)CN(C)C(=O)[C@@H](N)Cc1ccccc1. The minimum atomic E-state index is -0.484. The van der Waals surface area contributed by atoms with Gasteiger partial charge >= 0.3 is 0 Å². The Labute approximate surface area is 103 Å². The second-order valence-electron chi connectivity index (χ2n) is 4.45. The monoisotopic (exact) mass is 232 g/mol. The molecule has 2 N–H and O–H groups in total. The molecule has 0 saturated carbocycles. The number of carbonyl (C=O) groups excluding carboxylic acids is 1. The molecule has 3 nitrogen and oxygen atoms in total. The molecule has 1 atom stereocenters. The van der Waals surface area contributed by atoms with Crippen LogP contribution in [0, 0.1) is 0 Å². The van der Waals surface area contributed by atoms with Crippen LogP contribution >= 0.6 is 0 Å². The highest BCUT2D eigenvalue weighted by Gasteiger charge is 2.17. The van der Waals surface area contributed by atoms with Crippen molar-refractivity contribution in [2.24, 2.45) is 5.73 Å². The topological polar surface area (TPSA) is 46.3 Å². The first-order valence-corrected chi connectivity index (χ1v) is 5.69. The van der Waals surface area contributed by atoms with Gasteiger partial charge in [0.1, 0.15) is 0 Å². The third-order valence-electron chi connectivity index (χ3n) is 2.50. The summed E-state index contributed by atoms with van der Waals surface area (Å²) in [6, 6.07) is 9.32. The molecule has 0 spiro atoms. The molecule has 3 heteroatoms. The first-order valence-electron chi connectivity index (χ1n) is 5.69. The van der Waals surface area contributed by atoms with Gasteiger partial charge in [0, 0.05) is 13.6 Å². The van der Waals surface area contributed by atoms with E-state index in [1.54, 1.807) is 11.9 Å². The summed E-state index contributed by atoms with van der Waals surface area (Å²) in [5.41, 5.74) is 7.94. The Balaban J connectivity index is 2.55. The van der Waals surface area contributed by atoms with E-state index < -0.39 is 6.04 Å². The van der Waals surface area contributed by atoms with Gasteiger partial charge in [-0.05, 0) is 18.9 Å². The maximum absolute atomic E-state index is 11.9. The standard InChI is InChI=1S/C14H20N2O/c1-11(2)10-16(3)14(17)13(15)9-12-7-5-4-6-8-12/h4-8,13H,1,9-10,15H2,2-3H3/t13-/m0/s1. The molecular formula is C14H20N2O. The van der Waals surface area contributed by atoms with Crippen molar-refractivity contribution in [2.75, 3.05) is 13.6 Å². The molecule has 1 aromatic rings. The number of nitrogens with two attached hydrogens (primary N) is 1. The van der Waals surface area contributed by atoms with Crippen molar-refractivity contribution in [1.82, 2.24) is 4.90 Å². The molecule has 0 saturated heterocycles. The molecular weight excluding hydrogens is 212 g/mol.